The molecule has 3 amide bonds. The highest BCUT2D eigenvalue weighted by Gasteiger charge is 2.40. The zero-order valence-electron chi connectivity index (χ0n) is 38.3. The van der Waals surface area contributed by atoms with E-state index in [4.69, 9.17) is 10.4 Å². The molecule has 4 heterocycles. The summed E-state index contributed by atoms with van der Waals surface area (Å²) >= 11 is 0. The fraction of sp³-hybridized carbons (Fsp3) is 0.293. The number of aliphatic carboxylic acids is 1. The molecule has 1 fully saturated rings. The molecule has 2 unspecified atom stereocenters. The predicted octanol–water partition coefficient (Wildman–Crippen LogP) is 9.33. The van der Waals surface area contributed by atoms with E-state index >= 15 is 0 Å². The maximum absolute atomic E-state index is 13.8. The average Bonchev–Trinajstić information content (AvgIpc) is 4.10. The number of carbonyl (C=O) groups excluding carboxylic acids is 3. The van der Waals surface area contributed by atoms with E-state index in [-0.39, 0.29) is 77.0 Å². The Kier molecular flexibility index (Phi) is 20.2. The van der Waals surface area contributed by atoms with Gasteiger partial charge in [0.1, 0.15) is 18.1 Å². The number of rotatable bonds is 10. The summed E-state index contributed by atoms with van der Waals surface area (Å²) < 4.78 is 27.3. The van der Waals surface area contributed by atoms with Crippen LogP contribution in [-0.4, -0.2) is 72.7 Å². The van der Waals surface area contributed by atoms with Gasteiger partial charge in [0.15, 0.2) is 0 Å². The maximum Gasteiger partial charge on any atom is 0.326 e. The third-order valence-electron chi connectivity index (χ3n) is 12.6. The first-order chi connectivity index (χ1) is 33.3. The van der Waals surface area contributed by atoms with Crippen LogP contribution in [0.4, 0.5) is 17.1 Å². The van der Waals surface area contributed by atoms with Crippen LogP contribution in [0.1, 0.15) is 79.0 Å². The molecule has 73 heavy (non-hydrogen) atoms. The van der Waals surface area contributed by atoms with E-state index in [2.05, 4.69) is 52.5 Å². The second-order valence-corrected chi connectivity index (χ2v) is 19.5. The van der Waals surface area contributed by atoms with Crippen molar-refractivity contribution in [3.63, 3.8) is 0 Å². The van der Waals surface area contributed by atoms with Gasteiger partial charge in [-0.1, -0.05) is 150 Å². The van der Waals surface area contributed by atoms with Gasteiger partial charge in [0, 0.05) is 68.1 Å². The molecule has 10 rings (SSSR count). The molecule has 1 saturated heterocycles. The highest BCUT2D eigenvalue weighted by atomic mass is 32.2. The van der Waals surface area contributed by atoms with Crippen molar-refractivity contribution in [2.75, 3.05) is 28.6 Å². The van der Waals surface area contributed by atoms with Gasteiger partial charge in [0.2, 0.25) is 21.8 Å². The molecular weight excluding hydrogens is 939 g/mol. The number of hydrogen-bond donors (Lipinski definition) is 5. The first-order valence-electron chi connectivity index (χ1n) is 22.8. The van der Waals surface area contributed by atoms with E-state index in [1.807, 2.05) is 104 Å². The van der Waals surface area contributed by atoms with Gasteiger partial charge < -0.3 is 26.4 Å². The third kappa shape index (κ3) is 13.6. The number of sulfonamides is 1. The summed E-state index contributed by atoms with van der Waals surface area (Å²) in [5, 5.41) is 29.9. The Morgan fingerprint density at radius 1 is 0.630 bits per heavy atom. The molecule has 15 heteroatoms. The van der Waals surface area contributed by atoms with Crippen molar-refractivity contribution >= 4 is 50.8 Å². The largest absolute Gasteiger partial charge is 0.480 e. The first-order valence-corrected chi connectivity index (χ1v) is 24.2. The number of amides is 3. The number of carbonyl (C=O) groups is 4. The van der Waals surface area contributed by atoms with Crippen LogP contribution in [0.25, 0.3) is 0 Å². The number of carboxylic acids is 1. The van der Waals surface area contributed by atoms with Crippen LogP contribution in [-0.2, 0) is 56.8 Å². The Hall–Kier alpha value is -7.80. The molecule has 384 valence electrons. The van der Waals surface area contributed by atoms with Gasteiger partial charge in [0.25, 0.3) is 5.91 Å². The summed E-state index contributed by atoms with van der Waals surface area (Å²) in [4.78, 5) is 51.3. The van der Waals surface area contributed by atoms with E-state index in [0.29, 0.717) is 31.6 Å². The van der Waals surface area contributed by atoms with Crippen molar-refractivity contribution in [1.82, 2.24) is 14.9 Å². The number of hydrogen-bond acceptors (Lipinski definition) is 9. The van der Waals surface area contributed by atoms with Gasteiger partial charge in [-0.05, 0) is 78.1 Å². The van der Waals surface area contributed by atoms with Crippen molar-refractivity contribution in [2.24, 2.45) is 5.92 Å². The molecule has 0 aliphatic carbocycles. The fourth-order valence-electron chi connectivity index (χ4n) is 8.57. The van der Waals surface area contributed by atoms with Crippen LogP contribution in [0.2, 0.25) is 0 Å². The molecular formula is C58H69N7O7S. The number of para-hydroxylation sites is 3. The molecule has 4 aliphatic rings. The van der Waals surface area contributed by atoms with E-state index in [1.54, 1.807) is 12.1 Å². The quantitative estimate of drug-likeness (QED) is 0.0881. The van der Waals surface area contributed by atoms with Crippen molar-refractivity contribution in [2.45, 2.75) is 98.9 Å². The van der Waals surface area contributed by atoms with Crippen LogP contribution >= 0.6 is 0 Å². The molecule has 6 aromatic carbocycles. The molecule has 14 nitrogen and oxygen atoms in total. The monoisotopic (exact) mass is 1010 g/mol. The number of benzene rings is 6. The second kappa shape index (κ2) is 25.5. The minimum absolute atomic E-state index is 0. The summed E-state index contributed by atoms with van der Waals surface area (Å²) in [6, 6.07) is 45.7. The Balaban J connectivity index is 0.000000269. The summed E-state index contributed by atoms with van der Waals surface area (Å²) in [7, 11) is -3.83. The van der Waals surface area contributed by atoms with Crippen LogP contribution in [0.3, 0.4) is 0 Å². The lowest BCUT2D eigenvalue weighted by Gasteiger charge is -2.34. The lowest BCUT2D eigenvalue weighted by atomic mass is 10.1. The van der Waals surface area contributed by atoms with Gasteiger partial charge in [0.05, 0.1) is 16.9 Å². The van der Waals surface area contributed by atoms with E-state index in [0.717, 1.165) is 45.6 Å². The first kappa shape index (κ1) is 57.8. The van der Waals surface area contributed by atoms with E-state index in [1.165, 1.54) is 38.5 Å². The summed E-state index contributed by atoms with van der Waals surface area (Å²) in [6.07, 6.45) is 1.71. The minimum atomic E-state index is -3.83. The fourth-order valence-corrected chi connectivity index (χ4v) is 10.2. The van der Waals surface area contributed by atoms with Crippen LogP contribution in [0, 0.1) is 31.1 Å². The third-order valence-corrected chi connectivity index (χ3v) is 14.4. The van der Waals surface area contributed by atoms with Gasteiger partial charge in [-0.3, -0.25) is 19.3 Å². The summed E-state index contributed by atoms with van der Waals surface area (Å²) in [6.45, 7) is 5.24. The predicted molar refractivity (Wildman–Crippen MR) is 291 cm³/mol. The number of carboxylic acid groups (broad SMARTS) is 1. The molecule has 0 aromatic heterocycles. The smallest absolute Gasteiger partial charge is 0.326 e. The number of anilines is 3. The number of fused-ring (bicyclic) bond motifs is 3. The van der Waals surface area contributed by atoms with Crippen LogP contribution in [0.5, 0.6) is 0 Å². The molecule has 0 bridgehead atoms. The van der Waals surface area contributed by atoms with E-state index in [9.17, 15) is 27.6 Å². The van der Waals surface area contributed by atoms with Gasteiger partial charge in [-0.25, -0.2) is 13.2 Å². The number of aryl methyl sites for hydroxylation is 2. The van der Waals surface area contributed by atoms with Crippen LogP contribution in [0.15, 0.2) is 150 Å². The lowest BCUT2D eigenvalue weighted by Crippen LogP contribution is -2.49. The SMILES string of the molecule is C.C.C.C.Cc1ccc(CNC(=O)C2Cc3ccccc3N2)cc1.Cc1ccc(CNC(=O)C2Cc3ccccc3N2C(=O)c2cccc(S(=O)(=O)N3CC(C#N)C3)c2)cc1.O=C(O)[C@@H]1Cc2ccccc2N1. The normalized spacial score (nSPS) is 16.6. The zero-order valence-corrected chi connectivity index (χ0v) is 39.1. The van der Waals surface area contributed by atoms with E-state index < -0.39 is 34.0 Å². The molecule has 4 aliphatic heterocycles. The summed E-state index contributed by atoms with van der Waals surface area (Å²) in [5.41, 5.74) is 10.4. The minimum Gasteiger partial charge on any atom is -0.480 e. The van der Waals surface area contributed by atoms with Crippen LogP contribution < -0.4 is 26.2 Å². The van der Waals surface area contributed by atoms with Crippen molar-refractivity contribution < 1.29 is 32.7 Å². The Morgan fingerprint density at radius 3 is 1.66 bits per heavy atom. The Bertz CT molecular complexity index is 2970. The number of nitrogens with one attached hydrogen (secondary N) is 4. The Labute approximate surface area is 431 Å². The van der Waals surface area contributed by atoms with Crippen molar-refractivity contribution in [3.8, 4) is 6.07 Å². The summed E-state index contributed by atoms with van der Waals surface area (Å²) in [5.74, 6) is -1.78. The zero-order chi connectivity index (χ0) is 48.7. The molecule has 6 aromatic rings. The highest BCUT2D eigenvalue weighted by molar-refractivity contribution is 7.89. The van der Waals surface area contributed by atoms with Gasteiger partial charge in [-0.15, -0.1) is 0 Å². The van der Waals surface area contributed by atoms with Crippen molar-refractivity contribution in [3.05, 3.63) is 190 Å². The van der Waals surface area contributed by atoms with Gasteiger partial charge >= 0.3 is 5.97 Å². The molecule has 0 saturated carbocycles. The average molecular weight is 1010 g/mol. The standard InChI is InChI=1S/C28H26N4O4S.C17H18N2O.C9H9NO2.4CH4/c1-19-9-11-20(12-10-19)16-30-27(33)26-14-22-5-2-3-8-25(22)32(26)28(34)23-6-4-7-24(13-23)37(35,36)31-17-21(15-29)18-31;1-12-6-8-13(9-7-12)11-18-17(20)16-10-14-4-2-3-5-15(14)19-16;11-9(12)8-5-6-3-1-2-4-7(6)10-8;;;;/h2-13,21,26H,14,16-18H2,1H3,(H,30,33);2-9,16,19H,10-11H2,1H3,(H,18,20);1-4,8,10H,5H2,(H,11,12);4*1H4/t;;8-;;;;/m..0..../s1. The number of nitrogens with zero attached hydrogens (tertiary/aromatic N) is 3. The number of nitriles is 1. The topological polar surface area (TPSA) is 201 Å². The van der Waals surface area contributed by atoms with Gasteiger partial charge in [-0.2, -0.15) is 9.57 Å². The second-order valence-electron chi connectivity index (χ2n) is 17.6. The maximum atomic E-state index is 13.8. The molecule has 0 radical (unpaired) electrons. The highest BCUT2D eigenvalue weighted by Crippen LogP contribution is 2.35. The molecule has 5 N–H and O–H groups in total. The molecule has 3 atom stereocenters. The molecule has 0 spiro atoms. The van der Waals surface area contributed by atoms with Crippen molar-refractivity contribution in [1.29, 1.82) is 5.26 Å². The Morgan fingerprint density at radius 2 is 1.12 bits per heavy atom. The lowest BCUT2D eigenvalue weighted by molar-refractivity contribution is -0.137.